The number of aromatic amines is 1. The standard InChI is InChI=1S/C27H24FN5O.2C2HF3O2/c1-2-34-20-9-11-23(28)22(15-20)25(27-31-16-24(33-27)17-6-4-3-5-7-17)32-19-8-10-21-18(14-19)12-13-30-26(21)29;2*3-2(4,5)1(6)7/h3-16,25,32H,2H2,1H3,(H2,29,30)(H,31,33);2*(H,6,7). The Hall–Kier alpha value is -5.87. The molecule has 0 amide bonds. The highest BCUT2D eigenvalue weighted by Crippen LogP contribution is 2.32. The molecule has 254 valence electrons. The number of nitrogens with two attached hydrogens (primary N) is 1. The SMILES string of the molecule is CCOc1ccc(F)c(C(Nc2ccc3c(N)nccc3c2)c2ncc(-c3ccccc3)[nH]2)c1.O=C(O)C(F)(F)F.O=C(O)C(F)(F)F. The molecule has 0 bridgehead atoms. The molecule has 1 atom stereocenters. The predicted molar refractivity (Wildman–Crippen MR) is 161 cm³/mol. The number of carboxylic acid groups (broad SMARTS) is 2. The number of alkyl halides is 6. The van der Waals surface area contributed by atoms with Crippen LogP contribution >= 0.6 is 0 Å². The van der Waals surface area contributed by atoms with Gasteiger partial charge in [0.1, 0.15) is 29.3 Å². The Morgan fingerprint density at radius 2 is 1.54 bits per heavy atom. The third kappa shape index (κ3) is 10.1. The van der Waals surface area contributed by atoms with Gasteiger partial charge in [0.15, 0.2) is 0 Å². The van der Waals surface area contributed by atoms with Crippen LogP contribution in [0.1, 0.15) is 24.4 Å². The zero-order chi connectivity index (χ0) is 35.6. The minimum atomic E-state index is -5.08. The second-order valence-corrected chi connectivity index (χ2v) is 9.48. The molecule has 2 aromatic heterocycles. The highest BCUT2D eigenvalue weighted by Gasteiger charge is 2.38. The zero-order valence-corrected chi connectivity index (χ0v) is 24.6. The summed E-state index contributed by atoms with van der Waals surface area (Å²) in [5, 5.41) is 19.5. The van der Waals surface area contributed by atoms with Gasteiger partial charge >= 0.3 is 24.3 Å². The lowest BCUT2D eigenvalue weighted by Gasteiger charge is -2.20. The van der Waals surface area contributed by atoms with Crippen molar-refractivity contribution in [3.63, 3.8) is 0 Å². The Morgan fingerprint density at radius 3 is 2.12 bits per heavy atom. The number of benzene rings is 3. The number of H-pyrrole nitrogens is 1. The van der Waals surface area contributed by atoms with Crippen LogP contribution < -0.4 is 15.8 Å². The molecule has 0 aliphatic rings. The van der Waals surface area contributed by atoms with E-state index in [-0.39, 0.29) is 5.82 Å². The molecular formula is C31H26F7N5O5. The molecule has 0 fully saturated rings. The smallest absolute Gasteiger partial charge is 0.490 e. The van der Waals surface area contributed by atoms with Gasteiger partial charge in [0.2, 0.25) is 0 Å². The fourth-order valence-electron chi connectivity index (χ4n) is 4.00. The molecule has 2 heterocycles. The minimum absolute atomic E-state index is 0.354. The number of hydrogen-bond donors (Lipinski definition) is 5. The van der Waals surface area contributed by atoms with Crippen molar-refractivity contribution < 1.29 is 55.3 Å². The molecule has 0 aliphatic heterocycles. The number of imidazole rings is 1. The third-order valence-corrected chi connectivity index (χ3v) is 6.13. The van der Waals surface area contributed by atoms with E-state index in [2.05, 4.69) is 20.3 Å². The number of anilines is 2. The largest absolute Gasteiger partial charge is 0.494 e. The van der Waals surface area contributed by atoms with Gasteiger partial charge in [-0.05, 0) is 60.3 Å². The molecule has 0 saturated carbocycles. The van der Waals surface area contributed by atoms with Crippen molar-refractivity contribution >= 4 is 34.2 Å². The van der Waals surface area contributed by atoms with E-state index in [1.165, 1.54) is 6.07 Å². The molecule has 3 aromatic carbocycles. The van der Waals surface area contributed by atoms with Crippen molar-refractivity contribution in [1.82, 2.24) is 15.0 Å². The normalized spacial score (nSPS) is 11.8. The number of rotatable bonds is 7. The Kier molecular flexibility index (Phi) is 11.9. The molecule has 6 N–H and O–H groups in total. The monoisotopic (exact) mass is 681 g/mol. The number of nitrogen functional groups attached to an aromatic ring is 1. The second kappa shape index (κ2) is 15.6. The zero-order valence-electron chi connectivity index (χ0n) is 24.6. The highest BCUT2D eigenvalue weighted by molar-refractivity contribution is 5.93. The Balaban J connectivity index is 0.000000376. The minimum Gasteiger partial charge on any atom is -0.494 e. The van der Waals surface area contributed by atoms with Gasteiger partial charge in [0.05, 0.1) is 18.5 Å². The van der Waals surface area contributed by atoms with Crippen LogP contribution in [0.5, 0.6) is 5.75 Å². The summed E-state index contributed by atoms with van der Waals surface area (Å²) in [5.41, 5.74) is 9.07. The molecule has 0 spiro atoms. The summed E-state index contributed by atoms with van der Waals surface area (Å²) in [7, 11) is 0. The van der Waals surface area contributed by atoms with Crippen LogP contribution in [0, 0.1) is 5.82 Å². The molecular weight excluding hydrogens is 655 g/mol. The number of nitrogens with zero attached hydrogens (tertiary/aromatic N) is 2. The maximum Gasteiger partial charge on any atom is 0.490 e. The van der Waals surface area contributed by atoms with Gasteiger partial charge in [0.25, 0.3) is 0 Å². The lowest BCUT2D eigenvalue weighted by atomic mass is 10.0. The number of aromatic nitrogens is 3. The lowest BCUT2D eigenvalue weighted by molar-refractivity contribution is -0.193. The summed E-state index contributed by atoms with van der Waals surface area (Å²) in [5.74, 6) is -4.22. The van der Waals surface area contributed by atoms with Crippen molar-refractivity contribution in [2.24, 2.45) is 0 Å². The van der Waals surface area contributed by atoms with Crippen LogP contribution in [0.2, 0.25) is 0 Å². The van der Waals surface area contributed by atoms with Gasteiger partial charge in [-0.3, -0.25) is 0 Å². The van der Waals surface area contributed by atoms with E-state index in [4.69, 9.17) is 30.3 Å². The molecule has 0 aliphatic carbocycles. The molecule has 5 rings (SSSR count). The summed E-state index contributed by atoms with van der Waals surface area (Å²) in [4.78, 5) is 29.9. The number of carbonyl (C=O) groups is 2. The van der Waals surface area contributed by atoms with Crippen LogP contribution in [-0.4, -0.2) is 56.1 Å². The van der Waals surface area contributed by atoms with Crippen molar-refractivity contribution in [2.75, 3.05) is 17.7 Å². The number of fused-ring (bicyclic) bond motifs is 1. The first-order valence-corrected chi connectivity index (χ1v) is 13.5. The molecule has 0 radical (unpaired) electrons. The Bertz CT molecular complexity index is 1820. The van der Waals surface area contributed by atoms with E-state index < -0.39 is 30.3 Å². The van der Waals surface area contributed by atoms with E-state index in [9.17, 15) is 26.3 Å². The third-order valence-electron chi connectivity index (χ3n) is 6.13. The number of halogens is 7. The first-order chi connectivity index (χ1) is 22.5. The van der Waals surface area contributed by atoms with Gasteiger partial charge in [-0.25, -0.2) is 23.9 Å². The van der Waals surface area contributed by atoms with Gasteiger partial charge in [-0.2, -0.15) is 26.3 Å². The van der Waals surface area contributed by atoms with E-state index in [0.29, 0.717) is 29.6 Å². The van der Waals surface area contributed by atoms with E-state index in [0.717, 1.165) is 27.7 Å². The Labute approximate surface area is 267 Å². The van der Waals surface area contributed by atoms with Crippen LogP contribution in [0.25, 0.3) is 22.0 Å². The van der Waals surface area contributed by atoms with Crippen LogP contribution in [0.3, 0.4) is 0 Å². The predicted octanol–water partition coefficient (Wildman–Crippen LogP) is 7.21. The number of pyridine rings is 1. The fraction of sp³-hybridized carbons (Fsp3) is 0.161. The Morgan fingerprint density at radius 1 is 0.917 bits per heavy atom. The summed E-state index contributed by atoms with van der Waals surface area (Å²) in [6.07, 6.45) is -6.74. The fourth-order valence-corrected chi connectivity index (χ4v) is 4.00. The summed E-state index contributed by atoms with van der Waals surface area (Å²) in [6, 6.07) is 21.7. The van der Waals surface area contributed by atoms with Crippen LogP contribution in [0.15, 0.2) is 85.2 Å². The molecule has 1 unspecified atom stereocenters. The molecule has 5 aromatic rings. The quantitative estimate of drug-likeness (QED) is 0.112. The average Bonchev–Trinajstić information content (AvgIpc) is 3.52. The maximum atomic E-state index is 15.1. The molecule has 48 heavy (non-hydrogen) atoms. The molecule has 0 saturated heterocycles. The van der Waals surface area contributed by atoms with E-state index in [1.807, 2.05) is 61.5 Å². The number of ether oxygens (including phenoxy) is 1. The number of hydrogen-bond acceptors (Lipinski definition) is 7. The first kappa shape index (κ1) is 36.6. The first-order valence-electron chi connectivity index (χ1n) is 13.5. The average molecular weight is 682 g/mol. The van der Waals surface area contributed by atoms with Gasteiger partial charge in [-0.15, -0.1) is 0 Å². The van der Waals surface area contributed by atoms with Crippen molar-refractivity contribution in [3.05, 3.63) is 102 Å². The number of aliphatic carboxylic acids is 2. The van der Waals surface area contributed by atoms with Gasteiger partial charge in [0, 0.05) is 22.8 Å². The van der Waals surface area contributed by atoms with Crippen molar-refractivity contribution in [1.29, 1.82) is 0 Å². The van der Waals surface area contributed by atoms with Crippen LogP contribution in [0.4, 0.5) is 42.2 Å². The maximum absolute atomic E-state index is 15.1. The lowest BCUT2D eigenvalue weighted by Crippen LogP contribution is -2.21. The second-order valence-electron chi connectivity index (χ2n) is 9.48. The molecule has 17 heteroatoms. The van der Waals surface area contributed by atoms with Crippen molar-refractivity contribution in [2.45, 2.75) is 25.3 Å². The van der Waals surface area contributed by atoms with Crippen LogP contribution in [-0.2, 0) is 9.59 Å². The highest BCUT2D eigenvalue weighted by atomic mass is 19.4. The number of carboxylic acids is 2. The molecule has 10 nitrogen and oxygen atoms in total. The topological polar surface area (TPSA) is 163 Å². The van der Waals surface area contributed by atoms with Crippen molar-refractivity contribution in [3.8, 4) is 17.0 Å². The summed E-state index contributed by atoms with van der Waals surface area (Å²) in [6.45, 7) is 2.38. The van der Waals surface area contributed by atoms with Gasteiger partial charge in [-0.1, -0.05) is 30.3 Å². The van der Waals surface area contributed by atoms with E-state index >= 15 is 4.39 Å². The summed E-state index contributed by atoms with van der Waals surface area (Å²) < 4.78 is 84.2. The number of nitrogens with one attached hydrogen (secondary N) is 2. The van der Waals surface area contributed by atoms with E-state index in [1.54, 1.807) is 24.5 Å². The summed E-state index contributed by atoms with van der Waals surface area (Å²) >= 11 is 0. The van der Waals surface area contributed by atoms with Gasteiger partial charge < -0.3 is 31.0 Å².